The lowest BCUT2D eigenvalue weighted by Gasteiger charge is -2.15. The second-order valence-electron chi connectivity index (χ2n) is 3.77. The van der Waals surface area contributed by atoms with Gasteiger partial charge in [-0.05, 0) is 12.1 Å². The normalized spacial score (nSPS) is 12.0. The van der Waals surface area contributed by atoms with Gasteiger partial charge in [0.1, 0.15) is 5.75 Å². The second kappa shape index (κ2) is 8.22. The van der Waals surface area contributed by atoms with Crippen LogP contribution in [0.4, 0.5) is 0 Å². The van der Waals surface area contributed by atoms with E-state index in [1.165, 1.54) is 13.2 Å². The summed E-state index contributed by atoms with van der Waals surface area (Å²) in [5, 5.41) is 12.4. The first-order valence-corrected chi connectivity index (χ1v) is 6.29. The minimum atomic E-state index is -0.462. The molecule has 0 radical (unpaired) electrons. The minimum Gasteiger partial charge on any atom is -0.482 e. The predicted molar refractivity (Wildman–Crippen MR) is 72.8 cm³/mol. The van der Waals surface area contributed by atoms with Crippen LogP contribution >= 0.6 is 23.2 Å². The average molecular weight is 308 g/mol. The molecule has 106 valence electrons. The molecule has 1 amide bonds. The molecule has 0 fully saturated rings. The number of carbonyl (C=O) groups is 1. The third kappa shape index (κ3) is 5.65. The van der Waals surface area contributed by atoms with Crippen LogP contribution in [0.15, 0.2) is 18.2 Å². The topological polar surface area (TPSA) is 67.8 Å². The van der Waals surface area contributed by atoms with E-state index in [4.69, 9.17) is 37.8 Å². The summed E-state index contributed by atoms with van der Waals surface area (Å²) >= 11 is 11.7. The largest absolute Gasteiger partial charge is 0.482 e. The molecule has 1 aromatic carbocycles. The average Bonchev–Trinajstić information content (AvgIpc) is 2.39. The van der Waals surface area contributed by atoms with Gasteiger partial charge >= 0.3 is 0 Å². The number of carbonyl (C=O) groups excluding carboxylic acids is 1. The van der Waals surface area contributed by atoms with E-state index in [0.29, 0.717) is 15.8 Å². The molecule has 0 saturated heterocycles. The summed E-state index contributed by atoms with van der Waals surface area (Å²) < 4.78 is 10.1. The Kier molecular flexibility index (Phi) is 6.94. The van der Waals surface area contributed by atoms with Gasteiger partial charge in [0.25, 0.3) is 5.91 Å². The first-order valence-electron chi connectivity index (χ1n) is 5.53. The van der Waals surface area contributed by atoms with Crippen molar-refractivity contribution < 1.29 is 19.4 Å². The van der Waals surface area contributed by atoms with Gasteiger partial charge in [0, 0.05) is 18.2 Å². The molecule has 0 aliphatic rings. The summed E-state index contributed by atoms with van der Waals surface area (Å²) in [7, 11) is 1.48. The molecule has 1 rings (SSSR count). The van der Waals surface area contributed by atoms with Crippen LogP contribution in [0.25, 0.3) is 0 Å². The molecule has 0 aromatic heterocycles. The lowest BCUT2D eigenvalue weighted by Crippen LogP contribution is -2.42. The number of methoxy groups -OCH3 is 1. The SMILES string of the molecule is COCC(CO)NC(=O)COc1cc(Cl)ccc1Cl. The molecular formula is C12H15Cl2NO4. The molecule has 0 aliphatic heterocycles. The maximum Gasteiger partial charge on any atom is 0.258 e. The van der Waals surface area contributed by atoms with Gasteiger partial charge in [-0.1, -0.05) is 23.2 Å². The Balaban J connectivity index is 2.47. The zero-order valence-corrected chi connectivity index (χ0v) is 11.9. The Morgan fingerprint density at radius 1 is 1.47 bits per heavy atom. The van der Waals surface area contributed by atoms with Gasteiger partial charge in [-0.2, -0.15) is 0 Å². The van der Waals surface area contributed by atoms with Crippen molar-refractivity contribution in [1.29, 1.82) is 0 Å². The number of benzene rings is 1. The summed E-state index contributed by atoms with van der Waals surface area (Å²) in [5.41, 5.74) is 0. The van der Waals surface area contributed by atoms with Crippen LogP contribution in [0.1, 0.15) is 0 Å². The van der Waals surface area contributed by atoms with E-state index in [1.807, 2.05) is 0 Å². The van der Waals surface area contributed by atoms with Crippen LogP contribution in [0.5, 0.6) is 5.75 Å². The Labute approximate surface area is 121 Å². The van der Waals surface area contributed by atoms with E-state index < -0.39 is 6.04 Å². The van der Waals surface area contributed by atoms with Crippen molar-refractivity contribution in [3.63, 3.8) is 0 Å². The number of hydrogen-bond acceptors (Lipinski definition) is 4. The molecule has 1 atom stereocenters. The van der Waals surface area contributed by atoms with Gasteiger partial charge in [0.05, 0.1) is 24.3 Å². The quantitative estimate of drug-likeness (QED) is 0.801. The maximum absolute atomic E-state index is 11.6. The molecule has 2 N–H and O–H groups in total. The minimum absolute atomic E-state index is 0.211. The Morgan fingerprint density at radius 2 is 2.21 bits per heavy atom. The molecule has 19 heavy (non-hydrogen) atoms. The molecule has 7 heteroatoms. The Hall–Kier alpha value is -1.01. The fraction of sp³-hybridized carbons (Fsp3) is 0.417. The number of aliphatic hydroxyl groups excluding tert-OH is 1. The lowest BCUT2D eigenvalue weighted by atomic mass is 10.3. The summed E-state index contributed by atoms with van der Waals surface area (Å²) in [5.74, 6) is -0.0521. The van der Waals surface area contributed by atoms with Crippen LogP contribution in [-0.2, 0) is 9.53 Å². The summed E-state index contributed by atoms with van der Waals surface area (Å²) in [6.45, 7) is -0.210. The van der Waals surface area contributed by atoms with Crippen molar-refractivity contribution in [1.82, 2.24) is 5.32 Å². The van der Waals surface area contributed by atoms with Crippen LogP contribution in [0.2, 0.25) is 10.0 Å². The number of rotatable bonds is 7. The number of aliphatic hydroxyl groups is 1. The first-order chi connectivity index (χ1) is 9.06. The molecule has 5 nitrogen and oxygen atoms in total. The second-order valence-corrected chi connectivity index (χ2v) is 4.61. The molecular weight excluding hydrogens is 293 g/mol. The van der Waals surface area contributed by atoms with Crippen molar-refractivity contribution in [2.24, 2.45) is 0 Å². The predicted octanol–water partition coefficient (Wildman–Crippen LogP) is 1.50. The third-order valence-corrected chi connectivity index (χ3v) is 2.75. The third-order valence-electron chi connectivity index (χ3n) is 2.21. The molecule has 1 unspecified atom stereocenters. The highest BCUT2D eigenvalue weighted by Gasteiger charge is 2.12. The Morgan fingerprint density at radius 3 is 2.84 bits per heavy atom. The van der Waals surface area contributed by atoms with E-state index in [9.17, 15) is 4.79 Å². The van der Waals surface area contributed by atoms with Gasteiger partial charge in [-0.15, -0.1) is 0 Å². The fourth-order valence-corrected chi connectivity index (χ4v) is 1.68. The summed E-state index contributed by atoms with van der Waals surface area (Å²) in [6, 6.07) is 4.27. The highest BCUT2D eigenvalue weighted by atomic mass is 35.5. The number of nitrogens with one attached hydrogen (secondary N) is 1. The molecule has 0 aliphatic carbocycles. The number of ether oxygens (including phenoxy) is 2. The van der Waals surface area contributed by atoms with Crippen LogP contribution in [0, 0.1) is 0 Å². The van der Waals surface area contributed by atoms with Crippen molar-refractivity contribution in [3.05, 3.63) is 28.2 Å². The number of amides is 1. The van der Waals surface area contributed by atoms with Crippen molar-refractivity contribution in [3.8, 4) is 5.75 Å². The van der Waals surface area contributed by atoms with Crippen LogP contribution in [-0.4, -0.2) is 44.0 Å². The van der Waals surface area contributed by atoms with Gasteiger partial charge in [0.15, 0.2) is 6.61 Å². The zero-order valence-electron chi connectivity index (χ0n) is 10.4. The molecule has 1 aromatic rings. The summed E-state index contributed by atoms with van der Waals surface area (Å²) in [6.07, 6.45) is 0. The summed E-state index contributed by atoms with van der Waals surface area (Å²) in [4.78, 5) is 11.6. The number of hydrogen-bond donors (Lipinski definition) is 2. The highest BCUT2D eigenvalue weighted by Crippen LogP contribution is 2.27. The number of halogens is 2. The standard InChI is InChI=1S/C12H15Cl2NO4/c1-18-6-9(5-16)15-12(17)7-19-11-4-8(13)2-3-10(11)14/h2-4,9,16H,5-7H2,1H3,(H,15,17). The van der Waals surface area contributed by atoms with Gasteiger partial charge in [-0.25, -0.2) is 0 Å². The van der Waals surface area contributed by atoms with Gasteiger partial charge in [-0.3, -0.25) is 4.79 Å². The molecule has 0 saturated carbocycles. The smallest absolute Gasteiger partial charge is 0.258 e. The van der Waals surface area contributed by atoms with E-state index in [1.54, 1.807) is 12.1 Å². The molecule has 0 spiro atoms. The first kappa shape index (κ1) is 16.0. The monoisotopic (exact) mass is 307 g/mol. The van der Waals surface area contributed by atoms with E-state index in [2.05, 4.69) is 5.32 Å². The van der Waals surface area contributed by atoms with Crippen molar-refractivity contribution in [2.45, 2.75) is 6.04 Å². The lowest BCUT2D eigenvalue weighted by molar-refractivity contribution is -0.124. The Bertz CT molecular complexity index is 428. The highest BCUT2D eigenvalue weighted by molar-refractivity contribution is 6.34. The van der Waals surface area contributed by atoms with Gasteiger partial charge < -0.3 is 19.9 Å². The van der Waals surface area contributed by atoms with E-state index in [0.717, 1.165) is 0 Å². The van der Waals surface area contributed by atoms with Crippen LogP contribution < -0.4 is 10.1 Å². The molecule has 0 heterocycles. The van der Waals surface area contributed by atoms with Crippen molar-refractivity contribution >= 4 is 29.1 Å². The maximum atomic E-state index is 11.6. The van der Waals surface area contributed by atoms with Gasteiger partial charge in [0.2, 0.25) is 0 Å². The van der Waals surface area contributed by atoms with Crippen LogP contribution in [0.3, 0.4) is 0 Å². The fourth-order valence-electron chi connectivity index (χ4n) is 1.34. The molecule has 0 bridgehead atoms. The van der Waals surface area contributed by atoms with E-state index >= 15 is 0 Å². The van der Waals surface area contributed by atoms with Crippen molar-refractivity contribution in [2.75, 3.05) is 26.9 Å². The van der Waals surface area contributed by atoms with E-state index in [-0.39, 0.29) is 25.7 Å². The zero-order chi connectivity index (χ0) is 14.3.